The van der Waals surface area contributed by atoms with Gasteiger partial charge in [-0.3, -0.25) is 0 Å². The molecular formula is C6H8O4Zn. The van der Waals surface area contributed by atoms with Crippen LogP contribution in [0.3, 0.4) is 0 Å². The van der Waals surface area contributed by atoms with Gasteiger partial charge in [-0.25, -0.2) is 9.59 Å². The number of rotatable bonds is 2. The third kappa shape index (κ3) is 27.4. The standard InChI is InChI=1S/C4H4O4.C2H4.Zn/c5-3(6)1-2-4(7)8;1-2;/h1-2H,(H,5,6)(H,7,8);1-2H2;/b2-1-;;. The molecule has 2 N–H and O–H groups in total. The summed E-state index contributed by atoms with van der Waals surface area (Å²) in [4.78, 5) is 19.1. The van der Waals surface area contributed by atoms with Gasteiger partial charge in [0, 0.05) is 31.6 Å². The summed E-state index contributed by atoms with van der Waals surface area (Å²) >= 11 is 0. The van der Waals surface area contributed by atoms with Crippen molar-refractivity contribution in [1.82, 2.24) is 0 Å². The molecule has 0 fully saturated rings. The van der Waals surface area contributed by atoms with Crippen molar-refractivity contribution in [3.8, 4) is 0 Å². The normalized spacial score (nSPS) is 7.27. The maximum absolute atomic E-state index is 9.55. The van der Waals surface area contributed by atoms with Crippen molar-refractivity contribution < 1.29 is 39.3 Å². The minimum atomic E-state index is -1.26. The molecule has 0 rings (SSSR count). The zero-order valence-electron chi connectivity index (χ0n) is 5.99. The van der Waals surface area contributed by atoms with E-state index in [2.05, 4.69) is 13.2 Å². The van der Waals surface area contributed by atoms with Gasteiger partial charge in [-0.1, -0.05) is 0 Å². The fraction of sp³-hybridized carbons (Fsp3) is 0. The van der Waals surface area contributed by atoms with Crippen LogP contribution in [0.5, 0.6) is 0 Å². The molecule has 0 aliphatic heterocycles. The molecule has 0 aromatic rings. The van der Waals surface area contributed by atoms with Gasteiger partial charge >= 0.3 is 11.9 Å². The molecule has 0 unspecified atom stereocenters. The van der Waals surface area contributed by atoms with Crippen molar-refractivity contribution in [2.24, 2.45) is 0 Å². The van der Waals surface area contributed by atoms with Crippen molar-refractivity contribution >= 4 is 11.9 Å². The van der Waals surface area contributed by atoms with Crippen LogP contribution in [0.4, 0.5) is 0 Å². The van der Waals surface area contributed by atoms with Gasteiger partial charge in [-0.15, -0.1) is 13.2 Å². The van der Waals surface area contributed by atoms with E-state index in [9.17, 15) is 9.59 Å². The van der Waals surface area contributed by atoms with Crippen molar-refractivity contribution in [2.45, 2.75) is 0 Å². The monoisotopic (exact) mass is 208 g/mol. The predicted octanol–water partition coefficient (Wildman–Crippen LogP) is 0.512. The van der Waals surface area contributed by atoms with E-state index < -0.39 is 11.9 Å². The number of carboxylic acids is 2. The molecule has 0 amide bonds. The Bertz CT molecular complexity index is 137. The van der Waals surface area contributed by atoms with Crippen LogP contribution >= 0.6 is 0 Å². The molecule has 0 aliphatic rings. The van der Waals surface area contributed by atoms with Crippen LogP contribution in [0.1, 0.15) is 0 Å². The SMILES string of the molecule is C=C.O=C(O)/C=C\C(=O)O.[Zn]. The van der Waals surface area contributed by atoms with E-state index in [-0.39, 0.29) is 19.5 Å². The summed E-state index contributed by atoms with van der Waals surface area (Å²) in [5.74, 6) is -2.51. The van der Waals surface area contributed by atoms with Crippen LogP contribution in [0.2, 0.25) is 0 Å². The van der Waals surface area contributed by atoms with Crippen LogP contribution in [-0.2, 0) is 29.1 Å². The third-order valence-electron chi connectivity index (χ3n) is 0.368. The summed E-state index contributed by atoms with van der Waals surface area (Å²) in [5.41, 5.74) is 0. The Hall–Kier alpha value is -0.957. The molecule has 11 heavy (non-hydrogen) atoms. The fourth-order valence-corrected chi connectivity index (χ4v) is 0.143. The smallest absolute Gasteiger partial charge is 0.328 e. The van der Waals surface area contributed by atoms with Crippen molar-refractivity contribution in [1.29, 1.82) is 0 Å². The van der Waals surface area contributed by atoms with Crippen molar-refractivity contribution in [3.05, 3.63) is 25.3 Å². The first-order valence-electron chi connectivity index (χ1n) is 2.27. The first kappa shape index (κ1) is 16.6. The first-order chi connectivity index (χ1) is 4.63. The second-order valence-electron chi connectivity index (χ2n) is 1.01. The second-order valence-corrected chi connectivity index (χ2v) is 1.01. The van der Waals surface area contributed by atoms with Gasteiger partial charge in [0.05, 0.1) is 0 Å². The van der Waals surface area contributed by atoms with E-state index in [0.29, 0.717) is 12.2 Å². The second kappa shape index (κ2) is 11.8. The van der Waals surface area contributed by atoms with Gasteiger partial charge in [0.2, 0.25) is 0 Å². The number of aliphatic carboxylic acids is 2. The van der Waals surface area contributed by atoms with Crippen LogP contribution in [-0.4, -0.2) is 22.2 Å². The zero-order chi connectivity index (χ0) is 8.57. The van der Waals surface area contributed by atoms with Crippen LogP contribution < -0.4 is 0 Å². The summed E-state index contributed by atoms with van der Waals surface area (Å²) in [6.45, 7) is 6.00. The fourth-order valence-electron chi connectivity index (χ4n) is 0.143. The molecule has 58 valence electrons. The predicted molar refractivity (Wildman–Crippen MR) is 35.7 cm³/mol. The molecule has 5 heteroatoms. The molecular weight excluding hydrogens is 201 g/mol. The molecule has 0 saturated heterocycles. The molecule has 0 aliphatic carbocycles. The van der Waals surface area contributed by atoms with E-state index in [1.54, 1.807) is 0 Å². The Morgan fingerprint density at radius 3 is 1.27 bits per heavy atom. The molecule has 0 saturated carbocycles. The van der Waals surface area contributed by atoms with E-state index in [1.165, 1.54) is 0 Å². The first-order valence-corrected chi connectivity index (χ1v) is 2.27. The summed E-state index contributed by atoms with van der Waals surface area (Å²) in [6.07, 6.45) is 1.12. The van der Waals surface area contributed by atoms with E-state index in [1.807, 2.05) is 0 Å². The molecule has 0 bridgehead atoms. The maximum atomic E-state index is 9.55. The third-order valence-corrected chi connectivity index (χ3v) is 0.368. The van der Waals surface area contributed by atoms with Crippen LogP contribution in [0.25, 0.3) is 0 Å². The van der Waals surface area contributed by atoms with E-state index >= 15 is 0 Å². The number of hydrogen-bond acceptors (Lipinski definition) is 2. The number of hydrogen-bond donors (Lipinski definition) is 2. The largest absolute Gasteiger partial charge is 0.478 e. The van der Waals surface area contributed by atoms with Gasteiger partial charge in [0.25, 0.3) is 0 Å². The summed E-state index contributed by atoms with van der Waals surface area (Å²) in [6, 6.07) is 0. The molecule has 4 nitrogen and oxygen atoms in total. The van der Waals surface area contributed by atoms with Gasteiger partial charge in [-0.05, 0) is 0 Å². The van der Waals surface area contributed by atoms with Crippen molar-refractivity contribution in [3.63, 3.8) is 0 Å². The minimum Gasteiger partial charge on any atom is -0.478 e. The Balaban J connectivity index is -0.000000196. The molecule has 0 aromatic heterocycles. The Morgan fingerprint density at radius 2 is 1.18 bits per heavy atom. The molecule has 0 heterocycles. The molecule has 0 radical (unpaired) electrons. The number of carboxylic acid groups (broad SMARTS) is 2. The Kier molecular flexibility index (Phi) is 17.8. The Morgan fingerprint density at radius 1 is 1.00 bits per heavy atom. The maximum Gasteiger partial charge on any atom is 0.328 e. The van der Waals surface area contributed by atoms with Crippen LogP contribution in [0, 0.1) is 0 Å². The van der Waals surface area contributed by atoms with Gasteiger partial charge < -0.3 is 10.2 Å². The molecule has 0 aromatic carbocycles. The summed E-state index contributed by atoms with van der Waals surface area (Å²) in [5, 5.41) is 15.6. The van der Waals surface area contributed by atoms with E-state index in [4.69, 9.17) is 10.2 Å². The van der Waals surface area contributed by atoms with Crippen molar-refractivity contribution in [2.75, 3.05) is 0 Å². The minimum absolute atomic E-state index is 0. The van der Waals surface area contributed by atoms with E-state index in [0.717, 1.165) is 0 Å². The zero-order valence-corrected chi connectivity index (χ0v) is 8.95. The molecule has 0 atom stereocenters. The quantitative estimate of drug-likeness (QED) is 0.395. The van der Waals surface area contributed by atoms with Gasteiger partial charge in [0.1, 0.15) is 0 Å². The summed E-state index contributed by atoms with van der Waals surface area (Å²) < 4.78 is 0. The topological polar surface area (TPSA) is 74.6 Å². The van der Waals surface area contributed by atoms with Gasteiger partial charge in [0.15, 0.2) is 0 Å². The number of carbonyl (C=O) groups is 2. The average molecular weight is 210 g/mol. The Labute approximate surface area is 77.0 Å². The molecule has 0 spiro atoms. The van der Waals surface area contributed by atoms with Gasteiger partial charge in [-0.2, -0.15) is 0 Å². The summed E-state index contributed by atoms with van der Waals surface area (Å²) in [7, 11) is 0. The van der Waals surface area contributed by atoms with Crippen LogP contribution in [0.15, 0.2) is 25.3 Å². The average Bonchev–Trinajstić information content (AvgIpc) is 1.89.